The quantitative estimate of drug-likeness (QED) is 0.379. The van der Waals surface area contributed by atoms with Crippen molar-refractivity contribution in [1.29, 1.82) is 0 Å². The third-order valence-corrected chi connectivity index (χ3v) is 6.29. The molecule has 1 unspecified atom stereocenters. The van der Waals surface area contributed by atoms with Gasteiger partial charge in [0.1, 0.15) is 0 Å². The highest BCUT2D eigenvalue weighted by atomic mass is 31.2. The van der Waals surface area contributed by atoms with Crippen LogP contribution in [0.4, 0.5) is 8.22 Å². The standard InChI is InChI=1S/C8H19F2O3PSi/c1-4-13-14(11,12-3)7-6-8-15(9,10)5-2/h4-8H2,1-3H3. The van der Waals surface area contributed by atoms with Gasteiger partial charge >= 0.3 is 16.3 Å². The molecule has 7 heteroatoms. The first-order valence-electron chi connectivity index (χ1n) is 5.06. The van der Waals surface area contributed by atoms with Gasteiger partial charge in [0, 0.05) is 7.11 Å². The summed E-state index contributed by atoms with van der Waals surface area (Å²) in [5.41, 5.74) is 0. The lowest BCUT2D eigenvalue weighted by Gasteiger charge is -2.16. The van der Waals surface area contributed by atoms with Crippen LogP contribution in [0, 0.1) is 0 Å². The lowest BCUT2D eigenvalue weighted by Crippen LogP contribution is -2.20. The molecule has 0 spiro atoms. The Labute approximate surface area is 91.0 Å². The summed E-state index contributed by atoms with van der Waals surface area (Å²) < 4.78 is 47.3. The van der Waals surface area contributed by atoms with Gasteiger partial charge in [0.15, 0.2) is 0 Å². The van der Waals surface area contributed by atoms with Gasteiger partial charge in [0.05, 0.1) is 12.8 Å². The monoisotopic (exact) mass is 260 g/mol. The zero-order valence-corrected chi connectivity index (χ0v) is 11.4. The summed E-state index contributed by atoms with van der Waals surface area (Å²) in [6, 6.07) is -0.192. The molecule has 0 radical (unpaired) electrons. The Morgan fingerprint density at radius 2 is 1.93 bits per heavy atom. The molecule has 3 nitrogen and oxygen atoms in total. The van der Waals surface area contributed by atoms with Gasteiger partial charge in [-0.05, 0) is 25.4 Å². The Bertz CT molecular complexity index is 226. The van der Waals surface area contributed by atoms with Crippen molar-refractivity contribution in [2.75, 3.05) is 19.9 Å². The van der Waals surface area contributed by atoms with E-state index in [9.17, 15) is 12.8 Å². The van der Waals surface area contributed by atoms with Gasteiger partial charge in [-0.3, -0.25) is 12.8 Å². The molecule has 15 heavy (non-hydrogen) atoms. The van der Waals surface area contributed by atoms with Crippen LogP contribution in [0.1, 0.15) is 20.3 Å². The van der Waals surface area contributed by atoms with E-state index in [-0.39, 0.29) is 31.3 Å². The maximum Gasteiger partial charge on any atom is 0.424 e. The second-order valence-corrected chi connectivity index (χ2v) is 8.46. The van der Waals surface area contributed by atoms with E-state index in [4.69, 9.17) is 9.05 Å². The molecule has 0 N–H and O–H groups in total. The Morgan fingerprint density at radius 1 is 1.33 bits per heavy atom. The van der Waals surface area contributed by atoms with Crippen molar-refractivity contribution >= 4 is 16.3 Å². The summed E-state index contributed by atoms with van der Waals surface area (Å²) >= 11 is 0. The van der Waals surface area contributed by atoms with Gasteiger partial charge in [0.25, 0.3) is 0 Å². The van der Waals surface area contributed by atoms with E-state index in [2.05, 4.69) is 0 Å². The Kier molecular flexibility index (Phi) is 6.83. The van der Waals surface area contributed by atoms with E-state index in [1.807, 2.05) is 0 Å². The van der Waals surface area contributed by atoms with Crippen LogP contribution in [0.3, 0.4) is 0 Å². The first-order valence-corrected chi connectivity index (χ1v) is 8.96. The molecule has 0 rings (SSSR count). The fourth-order valence-electron chi connectivity index (χ4n) is 1.11. The van der Waals surface area contributed by atoms with Crippen LogP contribution in [-0.2, 0) is 13.6 Å². The summed E-state index contributed by atoms with van der Waals surface area (Å²) in [6.07, 6.45) is 0.290. The van der Waals surface area contributed by atoms with Gasteiger partial charge in [-0.1, -0.05) is 6.92 Å². The van der Waals surface area contributed by atoms with Gasteiger partial charge in [0.2, 0.25) is 0 Å². The number of halogens is 2. The van der Waals surface area contributed by atoms with E-state index >= 15 is 0 Å². The molecule has 1 atom stereocenters. The van der Waals surface area contributed by atoms with Crippen LogP contribution >= 0.6 is 7.60 Å². The summed E-state index contributed by atoms with van der Waals surface area (Å²) in [4.78, 5) is 0. The highest BCUT2D eigenvalue weighted by Gasteiger charge is 2.33. The third kappa shape index (κ3) is 6.40. The third-order valence-electron chi connectivity index (χ3n) is 2.10. The average Bonchev–Trinajstić information content (AvgIpc) is 2.18. The Morgan fingerprint density at radius 3 is 2.33 bits per heavy atom. The Balaban J connectivity index is 3.97. The summed E-state index contributed by atoms with van der Waals surface area (Å²) in [7, 11) is -5.87. The molecule has 0 saturated carbocycles. The van der Waals surface area contributed by atoms with Crippen molar-refractivity contribution in [2.24, 2.45) is 0 Å². The molecule has 92 valence electrons. The normalized spacial score (nSPS) is 16.3. The lowest BCUT2D eigenvalue weighted by atomic mass is 10.6. The van der Waals surface area contributed by atoms with E-state index in [1.165, 1.54) is 14.0 Å². The molecule has 0 heterocycles. The maximum absolute atomic E-state index is 13.0. The van der Waals surface area contributed by atoms with Crippen LogP contribution in [0.2, 0.25) is 12.1 Å². The van der Waals surface area contributed by atoms with Crippen molar-refractivity contribution in [2.45, 2.75) is 32.4 Å². The maximum atomic E-state index is 13.0. The molecule has 0 fully saturated rings. The Hall–Kier alpha value is 0.227. The van der Waals surface area contributed by atoms with Gasteiger partial charge in [-0.25, -0.2) is 0 Å². The fraction of sp³-hybridized carbons (Fsp3) is 1.00. The SMILES string of the molecule is CCOP(=O)(CCC[Si](F)(F)CC)OC. The van der Waals surface area contributed by atoms with E-state index in [1.54, 1.807) is 6.92 Å². The van der Waals surface area contributed by atoms with Crippen molar-refractivity contribution in [1.82, 2.24) is 0 Å². The molecule has 0 aromatic carbocycles. The van der Waals surface area contributed by atoms with Crippen molar-refractivity contribution in [3.63, 3.8) is 0 Å². The summed E-state index contributed by atoms with van der Waals surface area (Å²) in [6.45, 7) is 3.46. The fourth-order valence-corrected chi connectivity index (χ4v) is 3.81. The molecule has 0 aromatic rings. The first kappa shape index (κ1) is 15.2. The largest absolute Gasteiger partial charge is 0.424 e. The molecule has 0 aliphatic heterocycles. The number of hydrogen-bond acceptors (Lipinski definition) is 3. The van der Waals surface area contributed by atoms with E-state index in [0.717, 1.165) is 0 Å². The van der Waals surface area contributed by atoms with Crippen LogP contribution in [-0.4, -0.2) is 28.6 Å². The zero-order valence-electron chi connectivity index (χ0n) is 9.46. The van der Waals surface area contributed by atoms with Crippen LogP contribution in [0.5, 0.6) is 0 Å². The van der Waals surface area contributed by atoms with Gasteiger partial charge in [-0.2, -0.15) is 0 Å². The van der Waals surface area contributed by atoms with Crippen LogP contribution < -0.4 is 0 Å². The highest BCUT2D eigenvalue weighted by molar-refractivity contribution is 7.53. The topological polar surface area (TPSA) is 35.5 Å². The number of rotatable bonds is 8. The zero-order chi connectivity index (χ0) is 11.9. The highest BCUT2D eigenvalue weighted by Crippen LogP contribution is 2.48. The molecule has 0 amide bonds. The van der Waals surface area contributed by atoms with Crippen molar-refractivity contribution in [3.8, 4) is 0 Å². The minimum Gasteiger partial charge on any atom is -0.312 e. The average molecular weight is 260 g/mol. The van der Waals surface area contributed by atoms with Crippen molar-refractivity contribution < 1.29 is 21.8 Å². The molecule has 0 aliphatic rings. The first-order chi connectivity index (χ1) is 6.89. The number of hydrogen-bond donors (Lipinski definition) is 0. The van der Waals surface area contributed by atoms with Crippen LogP contribution in [0.25, 0.3) is 0 Å². The van der Waals surface area contributed by atoms with Gasteiger partial charge < -0.3 is 9.05 Å². The smallest absolute Gasteiger partial charge is 0.312 e. The molecule has 0 aromatic heterocycles. The second kappa shape index (κ2) is 6.73. The predicted molar refractivity (Wildman–Crippen MR) is 59.0 cm³/mol. The lowest BCUT2D eigenvalue weighted by molar-refractivity contribution is 0.244. The minimum absolute atomic E-state index is 0.0566. The molecule has 0 saturated heterocycles. The summed E-state index contributed by atoms with van der Waals surface area (Å²) in [5.74, 6) is 0. The predicted octanol–water partition coefficient (Wildman–Crippen LogP) is 3.65. The van der Waals surface area contributed by atoms with Gasteiger partial charge in [-0.15, -0.1) is 0 Å². The van der Waals surface area contributed by atoms with Crippen molar-refractivity contribution in [3.05, 3.63) is 0 Å². The molecular formula is C8H19F2O3PSi. The molecule has 0 aliphatic carbocycles. The molecule has 0 bridgehead atoms. The second-order valence-electron chi connectivity index (χ2n) is 3.25. The van der Waals surface area contributed by atoms with Crippen LogP contribution in [0.15, 0.2) is 0 Å². The van der Waals surface area contributed by atoms with E-state index < -0.39 is 16.3 Å². The summed E-state index contributed by atoms with van der Waals surface area (Å²) in [5, 5.41) is 0. The minimum atomic E-state index is -4.04. The molecular weight excluding hydrogens is 241 g/mol. The van der Waals surface area contributed by atoms with E-state index in [0.29, 0.717) is 0 Å².